The topological polar surface area (TPSA) is 64.8 Å². The minimum absolute atomic E-state index is 0.0547. The predicted molar refractivity (Wildman–Crippen MR) is 90.7 cm³/mol. The second-order valence-corrected chi connectivity index (χ2v) is 7.10. The molecule has 0 aromatic heterocycles. The quantitative estimate of drug-likeness (QED) is 0.918. The summed E-state index contributed by atoms with van der Waals surface area (Å²) in [6.07, 6.45) is 0.282. The van der Waals surface area contributed by atoms with E-state index in [1.54, 1.807) is 11.0 Å². The second-order valence-electron chi connectivity index (χ2n) is 7.10. The van der Waals surface area contributed by atoms with Crippen LogP contribution in [0.25, 0.3) is 0 Å². The first-order valence-corrected chi connectivity index (χ1v) is 8.37. The zero-order valence-corrected chi connectivity index (χ0v) is 14.8. The zero-order valence-electron chi connectivity index (χ0n) is 14.8. The molecule has 0 spiro atoms. The fourth-order valence-corrected chi connectivity index (χ4v) is 2.96. The molecule has 134 valence electrons. The van der Waals surface area contributed by atoms with Crippen LogP contribution in [0.1, 0.15) is 45.6 Å². The van der Waals surface area contributed by atoms with E-state index in [0.717, 1.165) is 5.56 Å². The minimum atomic E-state index is -0.539. The molecule has 1 fully saturated rings. The number of amides is 1. The van der Waals surface area contributed by atoms with Gasteiger partial charge in [-0.2, -0.15) is 0 Å². The number of benzene rings is 1. The van der Waals surface area contributed by atoms with Crippen molar-refractivity contribution in [3.05, 3.63) is 29.6 Å². The molecule has 2 rings (SSSR count). The molecule has 0 saturated carbocycles. The zero-order chi connectivity index (χ0) is 17.9. The standard InChI is InChI=1S/C18H27FN2O3/c1-5-23-16-7-6-12(19)10-14(16)13-8-9-21(11-15(13)20)17(22)24-18(2,3)4/h6-7,10,13,15H,5,8-9,11,20H2,1-4H3. The van der Waals surface area contributed by atoms with Crippen molar-refractivity contribution in [2.24, 2.45) is 5.73 Å². The van der Waals surface area contributed by atoms with E-state index in [0.29, 0.717) is 31.9 Å². The average molecular weight is 338 g/mol. The molecule has 1 aliphatic heterocycles. The van der Waals surface area contributed by atoms with Crippen molar-refractivity contribution in [1.82, 2.24) is 4.90 Å². The number of nitrogens with two attached hydrogens (primary N) is 1. The molecule has 0 bridgehead atoms. The van der Waals surface area contributed by atoms with Gasteiger partial charge in [0.15, 0.2) is 0 Å². The van der Waals surface area contributed by atoms with Gasteiger partial charge in [-0.05, 0) is 52.3 Å². The number of hydrogen-bond acceptors (Lipinski definition) is 4. The van der Waals surface area contributed by atoms with Crippen molar-refractivity contribution in [3.8, 4) is 5.75 Å². The lowest BCUT2D eigenvalue weighted by Crippen LogP contribution is -2.50. The summed E-state index contributed by atoms with van der Waals surface area (Å²) in [6.45, 7) is 8.79. The van der Waals surface area contributed by atoms with E-state index in [1.165, 1.54) is 12.1 Å². The van der Waals surface area contributed by atoms with Crippen molar-refractivity contribution in [2.75, 3.05) is 19.7 Å². The minimum Gasteiger partial charge on any atom is -0.494 e. The lowest BCUT2D eigenvalue weighted by molar-refractivity contribution is 0.0186. The molecule has 1 aromatic carbocycles. The smallest absolute Gasteiger partial charge is 0.410 e. The summed E-state index contributed by atoms with van der Waals surface area (Å²) in [7, 11) is 0. The van der Waals surface area contributed by atoms with Crippen LogP contribution in [0, 0.1) is 5.82 Å². The van der Waals surface area contributed by atoms with Gasteiger partial charge in [0.05, 0.1) is 6.61 Å². The van der Waals surface area contributed by atoms with E-state index in [9.17, 15) is 9.18 Å². The Morgan fingerprint density at radius 1 is 1.42 bits per heavy atom. The van der Waals surface area contributed by atoms with Crippen LogP contribution in [0.3, 0.4) is 0 Å². The largest absolute Gasteiger partial charge is 0.494 e. The summed E-state index contributed by atoms with van der Waals surface area (Å²) in [4.78, 5) is 13.8. The highest BCUT2D eigenvalue weighted by molar-refractivity contribution is 5.68. The van der Waals surface area contributed by atoms with E-state index >= 15 is 0 Å². The molecule has 24 heavy (non-hydrogen) atoms. The Hall–Kier alpha value is -1.82. The van der Waals surface area contributed by atoms with Crippen molar-refractivity contribution in [2.45, 2.75) is 51.7 Å². The maximum absolute atomic E-state index is 13.7. The van der Waals surface area contributed by atoms with Crippen LogP contribution in [0.2, 0.25) is 0 Å². The molecular weight excluding hydrogens is 311 g/mol. The number of carbonyl (C=O) groups is 1. The fourth-order valence-electron chi connectivity index (χ4n) is 2.96. The highest BCUT2D eigenvalue weighted by Crippen LogP contribution is 2.34. The molecular formula is C18H27FN2O3. The van der Waals surface area contributed by atoms with Gasteiger partial charge in [-0.1, -0.05) is 0 Å². The number of hydrogen-bond donors (Lipinski definition) is 1. The van der Waals surface area contributed by atoms with Gasteiger partial charge < -0.3 is 20.1 Å². The summed E-state index contributed by atoms with van der Waals surface area (Å²) < 4.78 is 24.7. The number of rotatable bonds is 3. The van der Waals surface area contributed by atoms with Crippen LogP contribution < -0.4 is 10.5 Å². The van der Waals surface area contributed by atoms with Gasteiger partial charge in [-0.25, -0.2) is 9.18 Å². The number of piperidine rings is 1. The van der Waals surface area contributed by atoms with Crippen molar-refractivity contribution >= 4 is 6.09 Å². The molecule has 2 unspecified atom stereocenters. The molecule has 0 radical (unpaired) electrons. The van der Waals surface area contributed by atoms with Crippen molar-refractivity contribution < 1.29 is 18.7 Å². The van der Waals surface area contributed by atoms with Crippen LogP contribution in [0.5, 0.6) is 5.75 Å². The van der Waals surface area contributed by atoms with Gasteiger partial charge in [0.25, 0.3) is 0 Å². The van der Waals surface area contributed by atoms with Crippen molar-refractivity contribution in [1.29, 1.82) is 0 Å². The monoisotopic (exact) mass is 338 g/mol. The molecule has 2 N–H and O–H groups in total. The molecule has 6 heteroatoms. The Bertz CT molecular complexity index is 586. The maximum atomic E-state index is 13.7. The molecule has 1 aromatic rings. The Balaban J connectivity index is 2.11. The molecule has 1 aliphatic rings. The van der Waals surface area contributed by atoms with Crippen LogP contribution >= 0.6 is 0 Å². The Morgan fingerprint density at radius 3 is 2.71 bits per heavy atom. The highest BCUT2D eigenvalue weighted by atomic mass is 19.1. The summed E-state index contributed by atoms with van der Waals surface area (Å²) in [5.41, 5.74) is 6.52. The molecule has 1 amide bonds. The summed E-state index contributed by atoms with van der Waals surface area (Å²) in [6, 6.07) is 4.21. The van der Waals surface area contributed by atoms with Crippen molar-refractivity contribution in [3.63, 3.8) is 0 Å². The summed E-state index contributed by atoms with van der Waals surface area (Å²) in [5, 5.41) is 0. The lowest BCUT2D eigenvalue weighted by Gasteiger charge is -2.38. The first kappa shape index (κ1) is 18.5. The molecule has 5 nitrogen and oxygen atoms in total. The van der Waals surface area contributed by atoms with Gasteiger partial charge in [0, 0.05) is 30.6 Å². The van der Waals surface area contributed by atoms with Crippen LogP contribution in [-0.4, -0.2) is 42.3 Å². The Morgan fingerprint density at radius 2 is 2.12 bits per heavy atom. The third-order valence-electron chi connectivity index (χ3n) is 3.98. The third-order valence-corrected chi connectivity index (χ3v) is 3.98. The number of nitrogens with zero attached hydrogens (tertiary/aromatic N) is 1. The number of ether oxygens (including phenoxy) is 2. The number of carbonyl (C=O) groups excluding carboxylic acids is 1. The van der Waals surface area contributed by atoms with E-state index in [2.05, 4.69) is 0 Å². The molecule has 1 saturated heterocycles. The average Bonchev–Trinajstić information content (AvgIpc) is 2.47. The van der Waals surface area contributed by atoms with E-state index in [-0.39, 0.29) is 23.9 Å². The van der Waals surface area contributed by atoms with Gasteiger partial charge in [-0.3, -0.25) is 0 Å². The van der Waals surface area contributed by atoms with Crippen LogP contribution in [0.15, 0.2) is 18.2 Å². The molecule has 0 aliphatic carbocycles. The van der Waals surface area contributed by atoms with E-state index in [1.807, 2.05) is 27.7 Å². The van der Waals surface area contributed by atoms with Crippen LogP contribution in [0.4, 0.5) is 9.18 Å². The van der Waals surface area contributed by atoms with Crippen LogP contribution in [-0.2, 0) is 4.74 Å². The lowest BCUT2D eigenvalue weighted by atomic mass is 9.85. The molecule has 2 atom stereocenters. The molecule has 1 heterocycles. The summed E-state index contributed by atoms with van der Waals surface area (Å²) in [5.74, 6) is 0.293. The SMILES string of the molecule is CCOc1ccc(F)cc1C1CCN(C(=O)OC(C)(C)C)CC1N. The predicted octanol–water partition coefficient (Wildman–Crippen LogP) is 3.28. The third kappa shape index (κ3) is 4.60. The summed E-state index contributed by atoms with van der Waals surface area (Å²) >= 11 is 0. The van der Waals surface area contributed by atoms with Gasteiger partial charge in [0.2, 0.25) is 0 Å². The van der Waals surface area contributed by atoms with E-state index in [4.69, 9.17) is 15.2 Å². The van der Waals surface area contributed by atoms with Gasteiger partial charge in [-0.15, -0.1) is 0 Å². The Labute approximate surface area is 142 Å². The first-order chi connectivity index (χ1) is 11.2. The Kier molecular flexibility index (Phi) is 5.70. The maximum Gasteiger partial charge on any atom is 0.410 e. The fraction of sp³-hybridized carbons (Fsp3) is 0.611. The number of likely N-dealkylation sites (tertiary alicyclic amines) is 1. The second kappa shape index (κ2) is 7.38. The van der Waals surface area contributed by atoms with Gasteiger partial charge in [0.1, 0.15) is 17.2 Å². The highest BCUT2D eigenvalue weighted by Gasteiger charge is 2.33. The normalized spacial score (nSPS) is 21.5. The van der Waals surface area contributed by atoms with Gasteiger partial charge >= 0.3 is 6.09 Å². The van der Waals surface area contributed by atoms with E-state index < -0.39 is 5.60 Å². The first-order valence-electron chi connectivity index (χ1n) is 8.37. The number of halogens is 1.